The van der Waals surface area contributed by atoms with Gasteiger partial charge in [-0.05, 0) is 18.8 Å². The van der Waals surface area contributed by atoms with Crippen molar-refractivity contribution in [3.63, 3.8) is 0 Å². The van der Waals surface area contributed by atoms with Gasteiger partial charge in [0.1, 0.15) is 6.61 Å². The van der Waals surface area contributed by atoms with Crippen molar-refractivity contribution in [2.24, 2.45) is 5.92 Å². The van der Waals surface area contributed by atoms with Gasteiger partial charge in [0.05, 0.1) is 13.2 Å². The van der Waals surface area contributed by atoms with Gasteiger partial charge in [0.25, 0.3) is 0 Å². The fourth-order valence-electron chi connectivity index (χ4n) is 3.08. The van der Waals surface area contributed by atoms with Gasteiger partial charge in [-0.2, -0.15) is 0 Å². The second-order valence-electron chi connectivity index (χ2n) is 6.04. The summed E-state index contributed by atoms with van der Waals surface area (Å²) >= 11 is 0. The lowest BCUT2D eigenvalue weighted by atomic mass is 9.89. The maximum Gasteiger partial charge on any atom is 0.409 e. The molecule has 0 spiro atoms. The van der Waals surface area contributed by atoms with Crippen LogP contribution in [0.1, 0.15) is 32.6 Å². The van der Waals surface area contributed by atoms with Crippen LogP contribution in [0.15, 0.2) is 0 Å². The van der Waals surface area contributed by atoms with Gasteiger partial charge in [0, 0.05) is 26.2 Å². The first-order valence-corrected chi connectivity index (χ1v) is 7.82. The average Bonchev–Trinajstić information content (AvgIpc) is 2.52. The van der Waals surface area contributed by atoms with Gasteiger partial charge in [-0.1, -0.05) is 19.8 Å². The van der Waals surface area contributed by atoms with Crippen molar-refractivity contribution in [1.29, 1.82) is 0 Å². The van der Waals surface area contributed by atoms with Crippen molar-refractivity contribution in [3.8, 4) is 0 Å². The van der Waals surface area contributed by atoms with E-state index in [-0.39, 0.29) is 24.7 Å². The molecule has 0 aromatic rings. The number of ether oxygens (including phenoxy) is 2. The fourth-order valence-corrected chi connectivity index (χ4v) is 3.08. The number of carbonyl (C=O) groups excluding carboxylic acids is 2. The molecule has 1 heterocycles. The highest BCUT2D eigenvalue weighted by Gasteiger charge is 2.26. The molecule has 2 atom stereocenters. The molecule has 1 aliphatic carbocycles. The zero-order valence-corrected chi connectivity index (χ0v) is 13.0. The molecule has 6 nitrogen and oxygen atoms in total. The zero-order chi connectivity index (χ0) is 15.2. The molecule has 1 aliphatic heterocycles. The van der Waals surface area contributed by atoms with Crippen LogP contribution >= 0.6 is 0 Å². The number of methoxy groups -OCH3 is 1. The van der Waals surface area contributed by atoms with Crippen LogP contribution in [0.5, 0.6) is 0 Å². The van der Waals surface area contributed by atoms with Crippen LogP contribution in [-0.2, 0) is 14.3 Å². The Labute approximate surface area is 126 Å². The highest BCUT2D eigenvalue weighted by atomic mass is 16.5. The van der Waals surface area contributed by atoms with Crippen molar-refractivity contribution in [2.45, 2.75) is 38.7 Å². The molecule has 21 heavy (non-hydrogen) atoms. The van der Waals surface area contributed by atoms with Crippen LogP contribution in [0.4, 0.5) is 4.79 Å². The summed E-state index contributed by atoms with van der Waals surface area (Å²) in [5.74, 6) is 0.722. The van der Waals surface area contributed by atoms with Crippen LogP contribution < -0.4 is 0 Å². The van der Waals surface area contributed by atoms with Gasteiger partial charge < -0.3 is 19.3 Å². The molecule has 2 fully saturated rings. The molecule has 2 aliphatic rings. The van der Waals surface area contributed by atoms with Crippen molar-refractivity contribution < 1.29 is 19.1 Å². The molecule has 120 valence electrons. The lowest BCUT2D eigenvalue weighted by Gasteiger charge is -2.34. The first-order chi connectivity index (χ1) is 10.1. The quantitative estimate of drug-likeness (QED) is 0.792. The van der Waals surface area contributed by atoms with E-state index in [1.54, 1.807) is 9.80 Å². The van der Waals surface area contributed by atoms with E-state index >= 15 is 0 Å². The van der Waals surface area contributed by atoms with Crippen molar-refractivity contribution in [3.05, 3.63) is 0 Å². The summed E-state index contributed by atoms with van der Waals surface area (Å²) in [6.07, 6.45) is 4.49. The summed E-state index contributed by atoms with van der Waals surface area (Å²) in [5.41, 5.74) is 0. The van der Waals surface area contributed by atoms with Gasteiger partial charge in [-0.15, -0.1) is 0 Å². The summed E-state index contributed by atoms with van der Waals surface area (Å²) in [6, 6.07) is 0. The molecule has 1 saturated heterocycles. The summed E-state index contributed by atoms with van der Waals surface area (Å²) in [7, 11) is 1.37. The van der Waals surface area contributed by atoms with Gasteiger partial charge in [0.2, 0.25) is 5.91 Å². The Bertz CT molecular complexity index is 367. The Kier molecular flexibility index (Phi) is 5.85. The van der Waals surface area contributed by atoms with Gasteiger partial charge >= 0.3 is 6.09 Å². The van der Waals surface area contributed by atoms with E-state index in [1.807, 2.05) is 0 Å². The van der Waals surface area contributed by atoms with E-state index < -0.39 is 0 Å². The second kappa shape index (κ2) is 7.64. The standard InChI is InChI=1S/C15H26N2O4/c1-12-4-3-5-13(10-12)21-11-14(18)16-6-8-17(9-7-16)15(19)20-2/h12-13H,3-11H2,1-2H3/t12-,13-/m0/s1. The van der Waals surface area contributed by atoms with E-state index in [0.29, 0.717) is 32.1 Å². The Morgan fingerprint density at radius 2 is 1.76 bits per heavy atom. The Balaban J connectivity index is 1.68. The Morgan fingerprint density at radius 3 is 2.38 bits per heavy atom. The maximum atomic E-state index is 12.1. The van der Waals surface area contributed by atoms with Crippen LogP contribution in [0.25, 0.3) is 0 Å². The van der Waals surface area contributed by atoms with Crippen LogP contribution in [-0.4, -0.2) is 67.8 Å². The highest BCUT2D eigenvalue weighted by molar-refractivity contribution is 5.78. The molecule has 0 N–H and O–H groups in total. The predicted octanol–water partition coefficient (Wildman–Crippen LogP) is 1.49. The van der Waals surface area contributed by atoms with Crippen LogP contribution in [0, 0.1) is 5.92 Å². The van der Waals surface area contributed by atoms with E-state index in [9.17, 15) is 9.59 Å². The summed E-state index contributed by atoms with van der Waals surface area (Å²) in [4.78, 5) is 26.9. The number of hydrogen-bond acceptors (Lipinski definition) is 4. The smallest absolute Gasteiger partial charge is 0.409 e. The number of hydrogen-bond donors (Lipinski definition) is 0. The fraction of sp³-hybridized carbons (Fsp3) is 0.867. The average molecular weight is 298 g/mol. The molecular weight excluding hydrogens is 272 g/mol. The molecule has 2 rings (SSSR count). The maximum absolute atomic E-state index is 12.1. The Morgan fingerprint density at radius 1 is 1.10 bits per heavy atom. The number of amides is 2. The molecule has 0 radical (unpaired) electrons. The van der Waals surface area contributed by atoms with E-state index in [4.69, 9.17) is 4.74 Å². The minimum Gasteiger partial charge on any atom is -0.453 e. The van der Waals surface area contributed by atoms with E-state index in [0.717, 1.165) is 12.8 Å². The van der Waals surface area contributed by atoms with Gasteiger partial charge in [-0.3, -0.25) is 4.79 Å². The molecule has 0 bridgehead atoms. The first kappa shape index (κ1) is 16.1. The molecule has 6 heteroatoms. The van der Waals surface area contributed by atoms with Crippen molar-refractivity contribution in [2.75, 3.05) is 39.9 Å². The van der Waals surface area contributed by atoms with Crippen LogP contribution in [0.3, 0.4) is 0 Å². The SMILES string of the molecule is COC(=O)N1CCN(C(=O)CO[C@H]2CCC[C@H](C)C2)CC1. The van der Waals surface area contributed by atoms with E-state index in [2.05, 4.69) is 11.7 Å². The molecule has 0 unspecified atom stereocenters. The molecule has 1 saturated carbocycles. The Hall–Kier alpha value is -1.30. The minimum atomic E-state index is -0.324. The molecule has 0 aromatic heterocycles. The number of carbonyl (C=O) groups is 2. The summed E-state index contributed by atoms with van der Waals surface area (Å²) in [5, 5.41) is 0. The number of nitrogens with zero attached hydrogens (tertiary/aromatic N) is 2. The summed E-state index contributed by atoms with van der Waals surface area (Å²) < 4.78 is 10.4. The summed E-state index contributed by atoms with van der Waals surface area (Å²) in [6.45, 7) is 4.56. The topological polar surface area (TPSA) is 59.1 Å². The minimum absolute atomic E-state index is 0.0257. The zero-order valence-electron chi connectivity index (χ0n) is 13.0. The normalized spacial score (nSPS) is 26.6. The monoisotopic (exact) mass is 298 g/mol. The molecule has 2 amide bonds. The predicted molar refractivity (Wildman–Crippen MR) is 77.9 cm³/mol. The van der Waals surface area contributed by atoms with Crippen LogP contribution in [0.2, 0.25) is 0 Å². The van der Waals surface area contributed by atoms with E-state index in [1.165, 1.54) is 20.0 Å². The van der Waals surface area contributed by atoms with Gasteiger partial charge in [0.15, 0.2) is 0 Å². The van der Waals surface area contributed by atoms with Crippen molar-refractivity contribution in [1.82, 2.24) is 9.80 Å². The lowest BCUT2D eigenvalue weighted by Crippen LogP contribution is -2.51. The van der Waals surface area contributed by atoms with Crippen molar-refractivity contribution >= 4 is 12.0 Å². The molecule has 0 aromatic carbocycles. The second-order valence-corrected chi connectivity index (χ2v) is 6.04. The lowest BCUT2D eigenvalue weighted by molar-refractivity contribution is -0.140. The largest absolute Gasteiger partial charge is 0.453 e. The first-order valence-electron chi connectivity index (χ1n) is 7.82. The molecular formula is C15H26N2O4. The third-order valence-corrected chi connectivity index (χ3v) is 4.40. The third kappa shape index (κ3) is 4.59. The highest BCUT2D eigenvalue weighted by Crippen LogP contribution is 2.25. The van der Waals surface area contributed by atoms with Gasteiger partial charge in [-0.25, -0.2) is 4.79 Å². The number of rotatable bonds is 3. The third-order valence-electron chi connectivity index (χ3n) is 4.40. The number of piperazine rings is 1.